The average molecular weight is 502 g/mol. The van der Waals surface area contributed by atoms with E-state index in [9.17, 15) is 0 Å². The van der Waals surface area contributed by atoms with Crippen LogP contribution in [0, 0.1) is 2.88 Å². The highest BCUT2D eigenvalue weighted by Gasteiger charge is 2.15. The van der Waals surface area contributed by atoms with Gasteiger partial charge < -0.3 is 4.74 Å². The third-order valence-corrected chi connectivity index (χ3v) is 5.95. The van der Waals surface area contributed by atoms with E-state index in [1.807, 2.05) is 19.1 Å². The third kappa shape index (κ3) is 3.49. The molecule has 1 aromatic heterocycles. The quantitative estimate of drug-likeness (QED) is 0.369. The van der Waals surface area contributed by atoms with E-state index in [0.717, 1.165) is 10.2 Å². The lowest BCUT2D eigenvalue weighted by molar-refractivity contribution is 0.340. The van der Waals surface area contributed by atoms with Gasteiger partial charge in [0.05, 0.1) is 14.3 Å². The second-order valence-electron chi connectivity index (χ2n) is 3.66. The molecule has 1 unspecified atom stereocenters. The molecule has 0 bridgehead atoms. The Morgan fingerprint density at radius 1 is 1.39 bits per heavy atom. The molecule has 0 N–H and O–H groups in total. The summed E-state index contributed by atoms with van der Waals surface area (Å²) >= 11 is 11.5. The van der Waals surface area contributed by atoms with Gasteiger partial charge in [-0.15, -0.1) is 11.3 Å². The van der Waals surface area contributed by atoms with Gasteiger partial charge in [-0.2, -0.15) is 0 Å². The molecule has 2 rings (SSSR count). The fourth-order valence-corrected chi connectivity index (χ4v) is 4.74. The Hall–Kier alpha value is 0.410. The van der Waals surface area contributed by atoms with Crippen molar-refractivity contribution in [2.24, 2.45) is 0 Å². The zero-order valence-electron chi connectivity index (χ0n) is 9.62. The first-order chi connectivity index (χ1) is 8.61. The Morgan fingerprint density at radius 2 is 2.17 bits per heavy atom. The maximum atomic E-state index is 5.49. The zero-order valence-corrected chi connectivity index (χ0v) is 15.8. The van der Waals surface area contributed by atoms with Gasteiger partial charge in [0, 0.05) is 4.47 Å². The molecule has 0 spiro atoms. The molecule has 1 nitrogen and oxygen atoms in total. The molecule has 0 aliphatic heterocycles. The smallest absolute Gasteiger partial charge is 0.120 e. The summed E-state index contributed by atoms with van der Waals surface area (Å²) in [6, 6.07) is 8.33. The van der Waals surface area contributed by atoms with Crippen LogP contribution in [0.1, 0.15) is 22.9 Å². The SMILES string of the molecule is CCOc1ccc(C(Br)c2csc(I)c2)c(Br)c1. The lowest BCUT2D eigenvalue weighted by Gasteiger charge is -2.12. The van der Waals surface area contributed by atoms with Gasteiger partial charge in [0.25, 0.3) is 0 Å². The lowest BCUT2D eigenvalue weighted by atomic mass is 10.1. The maximum absolute atomic E-state index is 5.49. The molecule has 0 saturated heterocycles. The normalized spacial score (nSPS) is 12.4. The molecule has 0 fully saturated rings. The van der Waals surface area contributed by atoms with E-state index in [1.54, 1.807) is 11.3 Å². The standard InChI is InChI=1S/C13H11Br2IOS/c1-2-17-9-3-4-10(11(14)6-9)13(15)8-5-12(16)18-7-8/h3-7,13H,2H2,1H3. The lowest BCUT2D eigenvalue weighted by Crippen LogP contribution is -1.95. The predicted molar refractivity (Wildman–Crippen MR) is 93.1 cm³/mol. The summed E-state index contributed by atoms with van der Waals surface area (Å²) in [6.45, 7) is 2.68. The topological polar surface area (TPSA) is 9.23 Å². The fraction of sp³-hybridized carbons (Fsp3) is 0.231. The first-order valence-corrected chi connectivity index (χ1v) is 9.08. The van der Waals surface area contributed by atoms with Crippen molar-refractivity contribution in [3.8, 4) is 5.75 Å². The largest absolute Gasteiger partial charge is 0.494 e. The van der Waals surface area contributed by atoms with Crippen LogP contribution in [0.2, 0.25) is 0 Å². The van der Waals surface area contributed by atoms with E-state index in [-0.39, 0.29) is 4.83 Å². The number of benzene rings is 1. The Balaban J connectivity index is 2.28. The van der Waals surface area contributed by atoms with Crippen molar-refractivity contribution in [1.29, 1.82) is 0 Å². The van der Waals surface area contributed by atoms with Crippen LogP contribution in [-0.2, 0) is 0 Å². The van der Waals surface area contributed by atoms with Gasteiger partial charge in [0.2, 0.25) is 0 Å². The van der Waals surface area contributed by atoms with E-state index in [1.165, 1.54) is 14.0 Å². The van der Waals surface area contributed by atoms with Crippen LogP contribution in [0.5, 0.6) is 5.75 Å². The van der Waals surface area contributed by atoms with Crippen molar-refractivity contribution in [3.63, 3.8) is 0 Å². The summed E-state index contributed by atoms with van der Waals surface area (Å²) in [5, 5.41) is 2.18. The van der Waals surface area contributed by atoms with Gasteiger partial charge in [0.1, 0.15) is 5.75 Å². The van der Waals surface area contributed by atoms with Crippen molar-refractivity contribution in [1.82, 2.24) is 0 Å². The highest BCUT2D eigenvalue weighted by Crippen LogP contribution is 2.38. The number of rotatable bonds is 4. The van der Waals surface area contributed by atoms with Crippen LogP contribution in [0.15, 0.2) is 34.1 Å². The van der Waals surface area contributed by atoms with Crippen LogP contribution in [0.3, 0.4) is 0 Å². The summed E-state index contributed by atoms with van der Waals surface area (Å²) in [4.78, 5) is 0.210. The first kappa shape index (κ1) is 14.8. The molecule has 0 radical (unpaired) electrons. The van der Waals surface area contributed by atoms with Gasteiger partial charge >= 0.3 is 0 Å². The van der Waals surface area contributed by atoms with Crippen LogP contribution < -0.4 is 4.74 Å². The van der Waals surface area contributed by atoms with Crippen LogP contribution in [0.25, 0.3) is 0 Å². The van der Waals surface area contributed by atoms with Crippen molar-refractivity contribution >= 4 is 65.8 Å². The van der Waals surface area contributed by atoms with Crippen molar-refractivity contribution in [2.75, 3.05) is 6.61 Å². The van der Waals surface area contributed by atoms with E-state index in [4.69, 9.17) is 4.74 Å². The molecule has 2 aromatic rings. The molecule has 5 heteroatoms. The third-order valence-electron chi connectivity index (χ3n) is 2.44. The summed E-state index contributed by atoms with van der Waals surface area (Å²) in [5.41, 5.74) is 2.50. The van der Waals surface area contributed by atoms with E-state index in [0.29, 0.717) is 6.61 Å². The zero-order chi connectivity index (χ0) is 13.1. The number of thiophene rings is 1. The van der Waals surface area contributed by atoms with Crippen LogP contribution in [0.4, 0.5) is 0 Å². The average Bonchev–Trinajstić information content (AvgIpc) is 2.76. The van der Waals surface area contributed by atoms with Gasteiger partial charge in [-0.3, -0.25) is 0 Å². The number of halogens is 3. The number of hydrogen-bond donors (Lipinski definition) is 0. The van der Waals surface area contributed by atoms with E-state index >= 15 is 0 Å². The minimum absolute atomic E-state index is 0.210. The molecule has 0 aliphatic carbocycles. The van der Waals surface area contributed by atoms with Crippen molar-refractivity contribution in [2.45, 2.75) is 11.8 Å². The van der Waals surface area contributed by atoms with E-state index < -0.39 is 0 Å². The van der Waals surface area contributed by atoms with E-state index in [2.05, 4.69) is 72.0 Å². The molecule has 1 heterocycles. The summed E-state index contributed by atoms with van der Waals surface area (Å²) in [7, 11) is 0. The van der Waals surface area contributed by atoms with Crippen LogP contribution in [-0.4, -0.2) is 6.61 Å². The first-order valence-electron chi connectivity index (χ1n) is 5.42. The minimum Gasteiger partial charge on any atom is -0.494 e. The molecule has 0 aliphatic rings. The Bertz CT molecular complexity index is 542. The summed E-state index contributed by atoms with van der Waals surface area (Å²) in [5.74, 6) is 0.896. The molecular formula is C13H11Br2IOS. The van der Waals surface area contributed by atoms with Crippen molar-refractivity contribution in [3.05, 3.63) is 48.1 Å². The monoisotopic (exact) mass is 500 g/mol. The fourth-order valence-electron chi connectivity index (χ4n) is 1.61. The Kier molecular flexibility index (Phi) is 5.53. The van der Waals surface area contributed by atoms with Gasteiger partial charge in [0.15, 0.2) is 0 Å². The summed E-state index contributed by atoms with van der Waals surface area (Å²) in [6.07, 6.45) is 0. The molecule has 1 atom stereocenters. The molecule has 1 aromatic carbocycles. The molecular weight excluding hydrogens is 491 g/mol. The number of ether oxygens (including phenoxy) is 1. The van der Waals surface area contributed by atoms with Crippen molar-refractivity contribution < 1.29 is 4.74 Å². The predicted octanol–water partition coefficient (Wildman–Crippen LogP) is 6.00. The highest BCUT2D eigenvalue weighted by atomic mass is 127. The summed E-state index contributed by atoms with van der Waals surface area (Å²) < 4.78 is 7.85. The second kappa shape index (κ2) is 6.72. The van der Waals surface area contributed by atoms with Gasteiger partial charge in [-0.25, -0.2) is 0 Å². The Morgan fingerprint density at radius 3 is 2.72 bits per heavy atom. The molecule has 18 heavy (non-hydrogen) atoms. The molecule has 0 amide bonds. The van der Waals surface area contributed by atoms with Gasteiger partial charge in [-0.1, -0.05) is 37.9 Å². The van der Waals surface area contributed by atoms with Gasteiger partial charge in [-0.05, 0) is 64.2 Å². The van der Waals surface area contributed by atoms with Crippen LogP contribution >= 0.6 is 65.8 Å². The molecule has 0 saturated carbocycles. The number of hydrogen-bond acceptors (Lipinski definition) is 2. The minimum atomic E-state index is 0.210. The highest BCUT2D eigenvalue weighted by molar-refractivity contribution is 14.1. The molecule has 96 valence electrons. The number of alkyl halides is 1. The maximum Gasteiger partial charge on any atom is 0.120 e. The Labute approximate surface area is 141 Å². The second-order valence-corrected chi connectivity index (χ2v) is 8.24.